The fourth-order valence-corrected chi connectivity index (χ4v) is 3.43. The Kier molecular flexibility index (Phi) is 6.37. The SMILES string of the molecule is O=C(O)C1(C(=O)O)CCCC(C(=O)O)(C(=O)O)C1(C(=O)O)C(=O)O.[H-].[Na+]. The van der Waals surface area contributed by atoms with Gasteiger partial charge in [-0.05, 0) is 19.3 Å². The van der Waals surface area contributed by atoms with Crippen LogP contribution in [0.1, 0.15) is 20.7 Å². The zero-order valence-electron chi connectivity index (χ0n) is 13.8. The van der Waals surface area contributed by atoms with Gasteiger partial charge in [-0.2, -0.15) is 0 Å². The van der Waals surface area contributed by atoms with Crippen LogP contribution in [0, 0.1) is 16.2 Å². The van der Waals surface area contributed by atoms with E-state index in [9.17, 15) is 59.4 Å². The number of aliphatic carboxylic acids is 6. The molecule has 13 heteroatoms. The molecule has 0 aromatic carbocycles. The van der Waals surface area contributed by atoms with Crippen molar-refractivity contribution in [1.29, 1.82) is 0 Å². The van der Waals surface area contributed by atoms with Gasteiger partial charge in [0.1, 0.15) is 0 Å². The minimum absolute atomic E-state index is 0. The molecular formula is C12H13NaO12. The largest absolute Gasteiger partial charge is 1.00 e. The molecule has 1 aliphatic rings. The second-order valence-electron chi connectivity index (χ2n) is 5.25. The molecule has 0 aromatic heterocycles. The molecule has 6 N–H and O–H groups in total. The van der Waals surface area contributed by atoms with Crippen LogP contribution in [-0.4, -0.2) is 66.5 Å². The van der Waals surface area contributed by atoms with Gasteiger partial charge in [-0.1, -0.05) is 0 Å². The van der Waals surface area contributed by atoms with Gasteiger partial charge in [-0.3, -0.25) is 28.8 Å². The van der Waals surface area contributed by atoms with Crippen LogP contribution >= 0.6 is 0 Å². The van der Waals surface area contributed by atoms with E-state index >= 15 is 0 Å². The topological polar surface area (TPSA) is 224 Å². The van der Waals surface area contributed by atoms with Crippen molar-refractivity contribution in [2.45, 2.75) is 19.3 Å². The van der Waals surface area contributed by atoms with Crippen LogP contribution in [-0.2, 0) is 28.8 Å². The monoisotopic (exact) mass is 372 g/mol. The minimum Gasteiger partial charge on any atom is -1.00 e. The van der Waals surface area contributed by atoms with Crippen molar-refractivity contribution in [3.8, 4) is 0 Å². The summed E-state index contributed by atoms with van der Waals surface area (Å²) in [5.74, 6) is -15.2. The summed E-state index contributed by atoms with van der Waals surface area (Å²) in [6.45, 7) is 0. The average Bonchev–Trinajstić information content (AvgIpc) is 2.43. The zero-order chi connectivity index (χ0) is 19.1. The third-order valence-corrected chi connectivity index (χ3v) is 4.49. The zero-order valence-corrected chi connectivity index (χ0v) is 14.8. The van der Waals surface area contributed by atoms with Gasteiger partial charge < -0.3 is 32.1 Å². The Morgan fingerprint density at radius 2 is 0.800 bits per heavy atom. The van der Waals surface area contributed by atoms with Gasteiger partial charge in [-0.15, -0.1) is 0 Å². The molecule has 0 bridgehead atoms. The van der Waals surface area contributed by atoms with Crippen LogP contribution in [0.4, 0.5) is 0 Å². The number of carboxylic acid groups (broad SMARTS) is 6. The summed E-state index contributed by atoms with van der Waals surface area (Å²) in [6.07, 6.45) is -2.78. The van der Waals surface area contributed by atoms with E-state index in [2.05, 4.69) is 0 Å². The average molecular weight is 372 g/mol. The molecule has 134 valence electrons. The normalized spacial score (nSPS) is 19.7. The fourth-order valence-electron chi connectivity index (χ4n) is 3.43. The molecule has 0 spiro atoms. The van der Waals surface area contributed by atoms with Crippen molar-refractivity contribution in [3.63, 3.8) is 0 Å². The van der Waals surface area contributed by atoms with Gasteiger partial charge in [0.05, 0.1) is 0 Å². The van der Waals surface area contributed by atoms with Gasteiger partial charge in [-0.25, -0.2) is 0 Å². The Bertz CT molecular complexity index is 587. The molecule has 0 aromatic rings. The van der Waals surface area contributed by atoms with Crippen LogP contribution in [0.3, 0.4) is 0 Å². The van der Waals surface area contributed by atoms with Crippen molar-refractivity contribution >= 4 is 35.8 Å². The van der Waals surface area contributed by atoms with Gasteiger partial charge in [0.15, 0.2) is 10.8 Å². The van der Waals surface area contributed by atoms with Crippen LogP contribution < -0.4 is 29.6 Å². The molecule has 0 unspecified atom stereocenters. The molecule has 0 heterocycles. The summed E-state index contributed by atoms with van der Waals surface area (Å²) in [4.78, 5) is 69.8. The summed E-state index contributed by atoms with van der Waals surface area (Å²) in [5, 5.41) is 56.0. The molecule has 25 heavy (non-hydrogen) atoms. The first-order valence-electron chi connectivity index (χ1n) is 6.27. The van der Waals surface area contributed by atoms with Crippen LogP contribution in [0.25, 0.3) is 0 Å². The number of carbonyl (C=O) groups is 6. The van der Waals surface area contributed by atoms with Crippen molar-refractivity contribution in [2.75, 3.05) is 0 Å². The molecule has 1 rings (SSSR count). The Balaban J connectivity index is 0. The molecule has 0 amide bonds. The number of carboxylic acids is 6. The number of hydrogen-bond acceptors (Lipinski definition) is 6. The van der Waals surface area contributed by atoms with Crippen molar-refractivity contribution < 1.29 is 90.4 Å². The maximum atomic E-state index is 11.7. The maximum absolute atomic E-state index is 11.7. The van der Waals surface area contributed by atoms with Crippen molar-refractivity contribution in [2.24, 2.45) is 16.2 Å². The van der Waals surface area contributed by atoms with E-state index in [1.807, 2.05) is 0 Å². The smallest absolute Gasteiger partial charge is 1.00 e. The van der Waals surface area contributed by atoms with E-state index in [-0.39, 0.29) is 31.0 Å². The third-order valence-electron chi connectivity index (χ3n) is 4.49. The Morgan fingerprint density at radius 3 is 0.960 bits per heavy atom. The molecule has 1 saturated carbocycles. The molecule has 1 aliphatic carbocycles. The van der Waals surface area contributed by atoms with Gasteiger partial charge in [0.25, 0.3) is 0 Å². The van der Waals surface area contributed by atoms with E-state index in [1.165, 1.54) is 0 Å². The standard InChI is InChI=1S/C12H12O12.Na.H/c13-4(14)10(5(15)16)2-1-3-11(6(17)18,7(19)20)12(10,8(21)22)9(23)24;;/h1-3H2,(H,13,14)(H,15,16)(H,17,18)(H,19,20)(H,21,22)(H,23,24);;/q;+1;-1. The molecule has 12 nitrogen and oxygen atoms in total. The van der Waals surface area contributed by atoms with Crippen molar-refractivity contribution in [3.05, 3.63) is 0 Å². The van der Waals surface area contributed by atoms with Gasteiger partial charge in [0, 0.05) is 0 Å². The molecule has 0 radical (unpaired) electrons. The predicted molar refractivity (Wildman–Crippen MR) is 68.1 cm³/mol. The minimum atomic E-state index is -4.17. The molecule has 0 atom stereocenters. The summed E-state index contributed by atoms with van der Waals surface area (Å²) in [6, 6.07) is 0. The summed E-state index contributed by atoms with van der Waals surface area (Å²) < 4.78 is 0. The Hall–Kier alpha value is -2.18. The van der Waals surface area contributed by atoms with Crippen LogP contribution in [0.15, 0.2) is 0 Å². The van der Waals surface area contributed by atoms with E-state index in [1.54, 1.807) is 0 Å². The second-order valence-corrected chi connectivity index (χ2v) is 5.25. The molecule has 1 fully saturated rings. The summed E-state index contributed by atoms with van der Waals surface area (Å²) in [5.41, 5.74) is -11.6. The first kappa shape index (κ1) is 22.8. The molecule has 0 aliphatic heterocycles. The summed E-state index contributed by atoms with van der Waals surface area (Å²) >= 11 is 0. The molecule has 0 saturated heterocycles. The van der Waals surface area contributed by atoms with Crippen LogP contribution in [0.2, 0.25) is 0 Å². The van der Waals surface area contributed by atoms with Crippen molar-refractivity contribution in [1.82, 2.24) is 0 Å². The first-order chi connectivity index (χ1) is 10.9. The maximum Gasteiger partial charge on any atom is 1.00 e. The molecular weight excluding hydrogens is 359 g/mol. The van der Waals surface area contributed by atoms with E-state index in [0.29, 0.717) is 0 Å². The van der Waals surface area contributed by atoms with E-state index in [0.717, 1.165) is 0 Å². The quantitative estimate of drug-likeness (QED) is 0.193. The van der Waals surface area contributed by atoms with Gasteiger partial charge >= 0.3 is 65.4 Å². The van der Waals surface area contributed by atoms with E-state index < -0.39 is 71.3 Å². The first-order valence-corrected chi connectivity index (χ1v) is 6.27. The number of hydrogen-bond donors (Lipinski definition) is 6. The van der Waals surface area contributed by atoms with Crippen LogP contribution in [0.5, 0.6) is 0 Å². The van der Waals surface area contributed by atoms with E-state index in [4.69, 9.17) is 0 Å². The Morgan fingerprint density at radius 1 is 0.560 bits per heavy atom. The predicted octanol–water partition coefficient (Wildman–Crippen LogP) is -4.25. The summed E-state index contributed by atoms with van der Waals surface area (Å²) in [7, 11) is 0. The fraction of sp³-hybridized carbons (Fsp3) is 0.500. The number of rotatable bonds is 6. The van der Waals surface area contributed by atoms with Gasteiger partial charge in [0.2, 0.25) is 5.41 Å². The Labute approximate surface area is 161 Å². The second kappa shape index (κ2) is 6.98. The third kappa shape index (κ3) is 2.40.